The molecule has 0 aliphatic rings. The van der Waals surface area contributed by atoms with Crippen molar-refractivity contribution in [3.05, 3.63) is 59.7 Å². The van der Waals surface area contributed by atoms with Crippen LogP contribution in [-0.2, 0) is 21.2 Å². The molecule has 0 saturated carbocycles. The van der Waals surface area contributed by atoms with Crippen LogP contribution in [0.4, 0.5) is 18.9 Å². The van der Waals surface area contributed by atoms with E-state index in [9.17, 15) is 31.2 Å². The van der Waals surface area contributed by atoms with E-state index in [1.165, 1.54) is 48.5 Å². The largest absolute Gasteiger partial charge is 0.405 e. The number of primary sulfonamides is 1. The van der Waals surface area contributed by atoms with Crippen LogP contribution in [-0.4, -0.2) is 33.0 Å². The van der Waals surface area contributed by atoms with Gasteiger partial charge in [-0.15, -0.1) is 0 Å². The van der Waals surface area contributed by atoms with Gasteiger partial charge in [0.25, 0.3) is 5.91 Å². The minimum absolute atomic E-state index is 0.0494. The van der Waals surface area contributed by atoms with Crippen LogP contribution in [0, 0.1) is 0 Å². The van der Waals surface area contributed by atoms with Gasteiger partial charge in [-0.25, -0.2) is 13.6 Å². The van der Waals surface area contributed by atoms with Crippen LogP contribution in [0.3, 0.4) is 0 Å². The molecule has 0 fully saturated rings. The van der Waals surface area contributed by atoms with Crippen molar-refractivity contribution in [3.63, 3.8) is 0 Å². The summed E-state index contributed by atoms with van der Waals surface area (Å²) in [4.78, 5) is 24.0. The summed E-state index contributed by atoms with van der Waals surface area (Å²) in [5.41, 5.74) is 0.405. The summed E-state index contributed by atoms with van der Waals surface area (Å²) in [6, 6.07) is 10.9. The highest BCUT2D eigenvalue weighted by Gasteiger charge is 2.28. The van der Waals surface area contributed by atoms with Crippen LogP contribution >= 0.6 is 0 Å². The number of para-hydroxylation sites is 1. The van der Waals surface area contributed by atoms with Gasteiger partial charge in [-0.3, -0.25) is 9.59 Å². The topological polar surface area (TPSA) is 118 Å². The van der Waals surface area contributed by atoms with Crippen LogP contribution in [0.5, 0.6) is 0 Å². The summed E-state index contributed by atoms with van der Waals surface area (Å²) in [6.07, 6.45) is -4.71. The Hall–Kier alpha value is -2.92. The quantitative estimate of drug-likeness (QED) is 0.667. The van der Waals surface area contributed by atoms with Crippen LogP contribution in [0.1, 0.15) is 15.9 Å². The first-order chi connectivity index (χ1) is 13.0. The zero-order valence-corrected chi connectivity index (χ0v) is 15.1. The van der Waals surface area contributed by atoms with E-state index in [0.717, 1.165) is 0 Å². The van der Waals surface area contributed by atoms with Gasteiger partial charge < -0.3 is 10.6 Å². The maximum absolute atomic E-state index is 12.3. The number of sulfonamides is 1. The van der Waals surface area contributed by atoms with E-state index in [0.29, 0.717) is 5.56 Å². The van der Waals surface area contributed by atoms with Crippen molar-refractivity contribution in [2.45, 2.75) is 17.5 Å². The molecule has 2 amide bonds. The number of halogens is 3. The molecule has 0 aliphatic heterocycles. The Kier molecular flexibility index (Phi) is 6.41. The van der Waals surface area contributed by atoms with E-state index in [4.69, 9.17) is 5.14 Å². The summed E-state index contributed by atoms with van der Waals surface area (Å²) < 4.78 is 59.2. The first kappa shape index (κ1) is 21.4. The zero-order valence-electron chi connectivity index (χ0n) is 14.3. The molecule has 11 heteroatoms. The van der Waals surface area contributed by atoms with E-state index < -0.39 is 34.6 Å². The molecule has 0 radical (unpaired) electrons. The maximum atomic E-state index is 12.3. The molecule has 0 atom stereocenters. The van der Waals surface area contributed by atoms with Crippen LogP contribution < -0.4 is 15.8 Å². The Morgan fingerprint density at radius 3 is 2.18 bits per heavy atom. The predicted molar refractivity (Wildman–Crippen MR) is 95.0 cm³/mol. The Labute approximate surface area is 158 Å². The molecule has 0 bridgehead atoms. The molecule has 28 heavy (non-hydrogen) atoms. The van der Waals surface area contributed by atoms with Gasteiger partial charge >= 0.3 is 6.18 Å². The number of hydrogen-bond acceptors (Lipinski definition) is 4. The molecular formula is C17H16F3N3O4S. The molecular weight excluding hydrogens is 399 g/mol. The summed E-state index contributed by atoms with van der Waals surface area (Å²) in [5.74, 6) is -1.52. The Morgan fingerprint density at radius 2 is 1.61 bits per heavy atom. The number of carbonyl (C=O) groups is 2. The van der Waals surface area contributed by atoms with E-state index in [-0.39, 0.29) is 22.6 Å². The Bertz CT molecular complexity index is 974. The van der Waals surface area contributed by atoms with Crippen LogP contribution in [0.2, 0.25) is 0 Å². The SMILES string of the molecule is NS(=O)(=O)c1ccc(CC(=O)Nc2ccccc2C(=O)NCC(F)(F)F)cc1. The number of rotatable bonds is 6. The summed E-state index contributed by atoms with van der Waals surface area (Å²) in [5, 5.41) is 9.19. The van der Waals surface area contributed by atoms with Gasteiger partial charge in [0.2, 0.25) is 15.9 Å². The molecule has 7 nitrogen and oxygen atoms in total. The monoisotopic (exact) mass is 415 g/mol. The van der Waals surface area contributed by atoms with Gasteiger partial charge in [-0.2, -0.15) is 13.2 Å². The lowest BCUT2D eigenvalue weighted by molar-refractivity contribution is -0.123. The van der Waals surface area contributed by atoms with E-state index >= 15 is 0 Å². The van der Waals surface area contributed by atoms with Crippen molar-refractivity contribution in [1.29, 1.82) is 0 Å². The third kappa shape index (κ3) is 6.35. The molecule has 150 valence electrons. The third-order valence-electron chi connectivity index (χ3n) is 3.51. The van der Waals surface area contributed by atoms with E-state index in [2.05, 4.69) is 5.32 Å². The number of alkyl halides is 3. The second kappa shape index (κ2) is 8.40. The highest BCUT2D eigenvalue weighted by atomic mass is 32.2. The van der Waals surface area contributed by atoms with Gasteiger partial charge in [-0.1, -0.05) is 24.3 Å². The number of amides is 2. The highest BCUT2D eigenvalue weighted by Crippen LogP contribution is 2.18. The molecule has 0 spiro atoms. The van der Waals surface area contributed by atoms with Crippen molar-refractivity contribution < 1.29 is 31.2 Å². The van der Waals surface area contributed by atoms with Crippen LogP contribution in [0.25, 0.3) is 0 Å². The fraction of sp³-hybridized carbons (Fsp3) is 0.176. The van der Waals surface area contributed by atoms with Gasteiger partial charge in [0.1, 0.15) is 6.54 Å². The maximum Gasteiger partial charge on any atom is 0.405 e. The normalized spacial score (nSPS) is 11.7. The average Bonchev–Trinajstić information content (AvgIpc) is 2.59. The number of anilines is 1. The van der Waals surface area contributed by atoms with Crippen molar-refractivity contribution in [3.8, 4) is 0 Å². The number of benzene rings is 2. The third-order valence-corrected chi connectivity index (χ3v) is 4.44. The van der Waals surface area contributed by atoms with Gasteiger partial charge in [0.05, 0.1) is 22.6 Å². The lowest BCUT2D eigenvalue weighted by Crippen LogP contribution is -2.34. The van der Waals surface area contributed by atoms with Crippen molar-refractivity contribution in [1.82, 2.24) is 5.32 Å². The highest BCUT2D eigenvalue weighted by molar-refractivity contribution is 7.89. The minimum atomic E-state index is -4.56. The first-order valence-corrected chi connectivity index (χ1v) is 9.36. The Balaban J connectivity index is 2.07. The summed E-state index contributed by atoms with van der Waals surface area (Å²) in [6.45, 7) is -1.50. The fourth-order valence-corrected chi connectivity index (χ4v) is 2.76. The number of nitrogens with one attached hydrogen (secondary N) is 2. The molecule has 0 unspecified atom stereocenters. The lowest BCUT2D eigenvalue weighted by Gasteiger charge is -2.12. The second-order valence-corrected chi connectivity index (χ2v) is 7.32. The van der Waals surface area contributed by atoms with Gasteiger partial charge in [0.15, 0.2) is 0 Å². The second-order valence-electron chi connectivity index (χ2n) is 5.76. The van der Waals surface area contributed by atoms with Crippen molar-refractivity contribution >= 4 is 27.5 Å². The minimum Gasteiger partial charge on any atom is -0.343 e. The fourth-order valence-electron chi connectivity index (χ4n) is 2.24. The van der Waals surface area contributed by atoms with Crippen LogP contribution in [0.15, 0.2) is 53.4 Å². The van der Waals surface area contributed by atoms with E-state index in [1.807, 2.05) is 0 Å². The standard InChI is InChI=1S/C17H16F3N3O4S/c18-17(19,20)10-22-16(25)13-3-1-2-4-14(13)23-15(24)9-11-5-7-12(8-6-11)28(21,26)27/h1-8H,9-10H2,(H,22,25)(H,23,24)(H2,21,26,27). The summed E-state index contributed by atoms with van der Waals surface area (Å²) >= 11 is 0. The first-order valence-electron chi connectivity index (χ1n) is 7.81. The molecule has 2 rings (SSSR count). The number of hydrogen-bond donors (Lipinski definition) is 3. The molecule has 0 saturated heterocycles. The van der Waals surface area contributed by atoms with Gasteiger partial charge in [0, 0.05) is 0 Å². The number of nitrogens with two attached hydrogens (primary N) is 1. The van der Waals surface area contributed by atoms with Crippen molar-refractivity contribution in [2.24, 2.45) is 5.14 Å². The Morgan fingerprint density at radius 1 is 1.00 bits per heavy atom. The number of carbonyl (C=O) groups excluding carboxylic acids is 2. The molecule has 2 aromatic carbocycles. The molecule has 4 N–H and O–H groups in total. The molecule has 0 aliphatic carbocycles. The van der Waals surface area contributed by atoms with E-state index in [1.54, 1.807) is 5.32 Å². The molecule has 2 aromatic rings. The molecule has 0 aromatic heterocycles. The van der Waals surface area contributed by atoms with Crippen molar-refractivity contribution in [2.75, 3.05) is 11.9 Å². The lowest BCUT2D eigenvalue weighted by atomic mass is 10.1. The molecule has 0 heterocycles. The predicted octanol–water partition coefficient (Wildman–Crippen LogP) is 1.81. The zero-order chi connectivity index (χ0) is 20.9. The van der Waals surface area contributed by atoms with Gasteiger partial charge in [-0.05, 0) is 29.8 Å². The summed E-state index contributed by atoms with van der Waals surface area (Å²) in [7, 11) is -3.85. The average molecular weight is 415 g/mol. The smallest absolute Gasteiger partial charge is 0.343 e.